The summed E-state index contributed by atoms with van der Waals surface area (Å²) >= 11 is 6.23. The van der Waals surface area contributed by atoms with E-state index in [4.69, 9.17) is 21.4 Å². The second-order valence-electron chi connectivity index (χ2n) is 9.17. The predicted octanol–water partition coefficient (Wildman–Crippen LogP) is 5.43. The van der Waals surface area contributed by atoms with Crippen LogP contribution in [0.1, 0.15) is 49.9 Å². The lowest BCUT2D eigenvalue weighted by Crippen LogP contribution is -2.49. The topological polar surface area (TPSA) is 39.4 Å². The van der Waals surface area contributed by atoms with Gasteiger partial charge in [-0.2, -0.15) is 0 Å². The molecule has 0 unspecified atom stereocenters. The third kappa shape index (κ3) is 2.57. The van der Waals surface area contributed by atoms with Crippen LogP contribution in [0, 0.1) is 17.8 Å². The molecular weight excluding hydrogens is 370 g/mol. The van der Waals surface area contributed by atoms with Crippen LogP contribution in [0.2, 0.25) is 5.02 Å². The second kappa shape index (κ2) is 6.21. The second-order valence-corrected chi connectivity index (χ2v) is 9.57. The van der Waals surface area contributed by atoms with Crippen LogP contribution in [-0.2, 0) is 12.0 Å². The molecule has 4 bridgehead atoms. The highest BCUT2D eigenvalue weighted by Crippen LogP contribution is 2.60. The smallest absolute Gasteiger partial charge is 0.167 e. The molecule has 2 aromatic heterocycles. The van der Waals surface area contributed by atoms with Gasteiger partial charge in [0.05, 0.1) is 5.02 Å². The van der Waals surface area contributed by atoms with E-state index in [0.29, 0.717) is 17.4 Å². The first-order valence-corrected chi connectivity index (χ1v) is 10.8. The molecule has 2 heterocycles. The first-order valence-electron chi connectivity index (χ1n) is 10.4. The van der Waals surface area contributed by atoms with Gasteiger partial charge in [0.15, 0.2) is 5.65 Å². The molecule has 5 heteroatoms. The van der Waals surface area contributed by atoms with Crippen molar-refractivity contribution in [3.63, 3.8) is 0 Å². The standard InChI is InChI=1S/C23H24ClN3O/c24-19-5-1-2-6-20(19)28-14-18-4-3-7-27-21(18)25-26-22(27)23-11-15-8-16(12-23)10-17(9-15)13-23/h1-7,15-17H,8-14H2. The zero-order chi connectivity index (χ0) is 18.7. The number of pyridine rings is 1. The van der Waals surface area contributed by atoms with E-state index in [0.717, 1.165) is 29.0 Å². The van der Waals surface area contributed by atoms with Crippen molar-refractivity contribution in [2.45, 2.75) is 50.5 Å². The number of rotatable bonds is 4. The maximum absolute atomic E-state index is 6.23. The SMILES string of the molecule is Clc1ccccc1OCc1cccn2c(C34CC5CC(CC(C5)C3)C4)nnc12. The molecule has 0 amide bonds. The van der Waals surface area contributed by atoms with Crippen molar-refractivity contribution in [2.75, 3.05) is 0 Å². The largest absolute Gasteiger partial charge is 0.487 e. The molecule has 28 heavy (non-hydrogen) atoms. The molecule has 4 aliphatic rings. The highest BCUT2D eigenvalue weighted by molar-refractivity contribution is 6.32. The van der Waals surface area contributed by atoms with E-state index in [-0.39, 0.29) is 5.41 Å². The molecule has 0 N–H and O–H groups in total. The molecule has 3 aromatic rings. The molecule has 4 saturated carbocycles. The first kappa shape index (κ1) is 16.8. The molecule has 7 rings (SSSR count). The molecule has 0 saturated heterocycles. The van der Waals surface area contributed by atoms with Crippen LogP contribution < -0.4 is 4.74 Å². The number of benzene rings is 1. The number of ether oxygens (including phenoxy) is 1. The Hall–Kier alpha value is -2.07. The van der Waals surface area contributed by atoms with Crippen molar-refractivity contribution < 1.29 is 4.74 Å². The lowest BCUT2D eigenvalue weighted by Gasteiger charge is -2.55. The normalized spacial score (nSPS) is 30.8. The van der Waals surface area contributed by atoms with E-state index < -0.39 is 0 Å². The average Bonchev–Trinajstić information content (AvgIpc) is 3.12. The van der Waals surface area contributed by atoms with Gasteiger partial charge in [0, 0.05) is 17.2 Å². The Kier molecular flexibility index (Phi) is 3.74. The van der Waals surface area contributed by atoms with E-state index in [9.17, 15) is 0 Å². The zero-order valence-corrected chi connectivity index (χ0v) is 16.6. The van der Waals surface area contributed by atoms with Crippen molar-refractivity contribution in [3.05, 3.63) is 59.0 Å². The fourth-order valence-electron chi connectivity index (χ4n) is 6.55. The van der Waals surface area contributed by atoms with Gasteiger partial charge in [-0.25, -0.2) is 0 Å². The lowest BCUT2D eigenvalue weighted by molar-refractivity contribution is -0.00984. The van der Waals surface area contributed by atoms with Crippen molar-refractivity contribution >= 4 is 17.2 Å². The van der Waals surface area contributed by atoms with Gasteiger partial charge in [0.1, 0.15) is 18.2 Å². The molecule has 144 valence electrons. The molecule has 1 aromatic carbocycles. The van der Waals surface area contributed by atoms with Gasteiger partial charge in [-0.15, -0.1) is 10.2 Å². The third-order valence-corrected chi connectivity index (χ3v) is 7.56. The molecule has 4 aliphatic carbocycles. The Morgan fingerprint density at radius 2 is 1.68 bits per heavy atom. The molecule has 0 atom stereocenters. The Morgan fingerprint density at radius 3 is 2.39 bits per heavy atom. The van der Waals surface area contributed by atoms with Crippen LogP contribution >= 0.6 is 11.6 Å². The van der Waals surface area contributed by atoms with Gasteiger partial charge in [-0.1, -0.05) is 29.8 Å². The number of aromatic nitrogens is 3. The van der Waals surface area contributed by atoms with E-state index in [2.05, 4.69) is 27.8 Å². The summed E-state index contributed by atoms with van der Waals surface area (Å²) in [6, 6.07) is 11.7. The van der Waals surface area contributed by atoms with Crippen molar-refractivity contribution in [3.8, 4) is 5.75 Å². The van der Waals surface area contributed by atoms with E-state index in [1.165, 1.54) is 44.3 Å². The Balaban J connectivity index is 1.35. The minimum atomic E-state index is 0.233. The summed E-state index contributed by atoms with van der Waals surface area (Å²) < 4.78 is 8.21. The summed E-state index contributed by atoms with van der Waals surface area (Å²) in [7, 11) is 0. The fourth-order valence-corrected chi connectivity index (χ4v) is 6.74. The van der Waals surface area contributed by atoms with E-state index in [1.807, 2.05) is 24.3 Å². The highest BCUT2D eigenvalue weighted by atomic mass is 35.5. The lowest BCUT2D eigenvalue weighted by atomic mass is 9.49. The summed E-state index contributed by atoms with van der Waals surface area (Å²) in [5, 5.41) is 9.99. The molecule has 0 spiro atoms. The van der Waals surface area contributed by atoms with Gasteiger partial charge >= 0.3 is 0 Å². The van der Waals surface area contributed by atoms with E-state index in [1.54, 1.807) is 0 Å². The molecule has 4 nitrogen and oxygen atoms in total. The minimum absolute atomic E-state index is 0.233. The van der Waals surface area contributed by atoms with Crippen LogP contribution in [0.4, 0.5) is 0 Å². The fraction of sp³-hybridized carbons (Fsp3) is 0.478. The summed E-state index contributed by atoms with van der Waals surface area (Å²) in [6.07, 6.45) is 10.3. The molecular formula is C23H24ClN3O. The quantitative estimate of drug-likeness (QED) is 0.593. The Labute approximate surface area is 169 Å². The summed E-state index contributed by atoms with van der Waals surface area (Å²) in [5.74, 6) is 4.56. The Bertz CT molecular complexity index is 1010. The van der Waals surface area contributed by atoms with Crippen LogP contribution in [0.15, 0.2) is 42.6 Å². The predicted molar refractivity (Wildman–Crippen MR) is 109 cm³/mol. The number of fused-ring (bicyclic) bond motifs is 1. The summed E-state index contributed by atoms with van der Waals surface area (Å²) in [5.41, 5.74) is 2.20. The number of para-hydroxylation sites is 1. The van der Waals surface area contributed by atoms with Crippen LogP contribution in [0.5, 0.6) is 5.75 Å². The van der Waals surface area contributed by atoms with Gasteiger partial charge in [0.25, 0.3) is 0 Å². The van der Waals surface area contributed by atoms with Crippen LogP contribution in [0.25, 0.3) is 5.65 Å². The van der Waals surface area contributed by atoms with Crippen LogP contribution in [0.3, 0.4) is 0 Å². The number of hydrogen-bond acceptors (Lipinski definition) is 3. The molecule has 4 fully saturated rings. The first-order chi connectivity index (χ1) is 13.7. The van der Waals surface area contributed by atoms with Gasteiger partial charge in [0.2, 0.25) is 0 Å². The van der Waals surface area contributed by atoms with Gasteiger partial charge in [-0.3, -0.25) is 4.40 Å². The maximum Gasteiger partial charge on any atom is 0.167 e. The Morgan fingerprint density at radius 1 is 0.964 bits per heavy atom. The minimum Gasteiger partial charge on any atom is -0.487 e. The molecule has 0 radical (unpaired) electrons. The van der Waals surface area contributed by atoms with E-state index >= 15 is 0 Å². The highest BCUT2D eigenvalue weighted by Gasteiger charge is 2.53. The van der Waals surface area contributed by atoms with Crippen LogP contribution in [-0.4, -0.2) is 14.6 Å². The average molecular weight is 394 g/mol. The summed E-state index contributed by atoms with van der Waals surface area (Å²) in [6.45, 7) is 0.438. The molecule has 0 aliphatic heterocycles. The summed E-state index contributed by atoms with van der Waals surface area (Å²) in [4.78, 5) is 0. The maximum atomic E-state index is 6.23. The van der Waals surface area contributed by atoms with Gasteiger partial charge in [-0.05, 0) is 74.5 Å². The monoisotopic (exact) mass is 393 g/mol. The number of halogens is 1. The number of hydrogen-bond donors (Lipinski definition) is 0. The van der Waals surface area contributed by atoms with Crippen molar-refractivity contribution in [1.82, 2.24) is 14.6 Å². The van der Waals surface area contributed by atoms with Crippen molar-refractivity contribution in [1.29, 1.82) is 0 Å². The van der Waals surface area contributed by atoms with Gasteiger partial charge < -0.3 is 4.74 Å². The third-order valence-electron chi connectivity index (χ3n) is 7.25. The number of nitrogens with zero attached hydrogens (tertiary/aromatic N) is 3. The van der Waals surface area contributed by atoms with Crippen molar-refractivity contribution in [2.24, 2.45) is 17.8 Å². The zero-order valence-electron chi connectivity index (χ0n) is 15.9.